The Labute approximate surface area is 132 Å². The molecule has 0 saturated heterocycles. The van der Waals surface area contributed by atoms with E-state index in [2.05, 4.69) is 38.1 Å². The van der Waals surface area contributed by atoms with Crippen molar-refractivity contribution in [3.8, 4) is 10.8 Å². The molecule has 1 aromatic carbocycles. The fraction of sp³-hybridized carbons (Fsp3) is 0. The van der Waals surface area contributed by atoms with Gasteiger partial charge in [0.05, 0.1) is 7.76 Å². The van der Waals surface area contributed by atoms with Crippen molar-refractivity contribution in [2.75, 3.05) is 5.32 Å². The molecule has 2 heterocycles. The van der Waals surface area contributed by atoms with Gasteiger partial charge in [-0.3, -0.25) is 10.1 Å². The Morgan fingerprint density at radius 2 is 1.95 bits per heavy atom. The maximum atomic E-state index is 11.9. The molecule has 7 heteroatoms. The van der Waals surface area contributed by atoms with Gasteiger partial charge in [0.25, 0.3) is 11.8 Å². The van der Waals surface area contributed by atoms with Crippen LogP contribution in [0.15, 0.2) is 46.9 Å². The first kappa shape index (κ1) is 13.3. The highest BCUT2D eigenvalue weighted by molar-refractivity contribution is 14.1. The molecule has 3 aromatic rings. The van der Waals surface area contributed by atoms with E-state index in [-0.39, 0.29) is 11.9 Å². The molecule has 5 nitrogen and oxygen atoms in total. The number of benzene rings is 1. The Morgan fingerprint density at radius 1 is 1.15 bits per heavy atom. The molecule has 2 aromatic heterocycles. The predicted octanol–water partition coefficient (Wildman–Crippen LogP) is 3.66. The molecule has 0 aliphatic carbocycles. The second-order valence-electron chi connectivity index (χ2n) is 3.84. The van der Waals surface area contributed by atoms with Crippen LogP contribution in [0.2, 0.25) is 0 Å². The molecule has 0 fully saturated rings. The van der Waals surface area contributed by atoms with Crippen LogP contribution in [0.25, 0.3) is 10.8 Å². The SMILES string of the molecule is O=C(Nc1nnc(-c2ccc(I)s2)o1)c1ccccc1. The smallest absolute Gasteiger partial charge is 0.322 e. The fourth-order valence-electron chi connectivity index (χ4n) is 1.56. The maximum Gasteiger partial charge on any atom is 0.322 e. The van der Waals surface area contributed by atoms with E-state index in [0.29, 0.717) is 11.5 Å². The molecular weight excluding hydrogens is 389 g/mol. The van der Waals surface area contributed by atoms with Crippen molar-refractivity contribution in [2.24, 2.45) is 0 Å². The minimum atomic E-state index is -0.276. The van der Waals surface area contributed by atoms with Crippen LogP contribution >= 0.6 is 33.9 Å². The molecule has 0 aliphatic heterocycles. The lowest BCUT2D eigenvalue weighted by Gasteiger charge is -1.99. The van der Waals surface area contributed by atoms with Crippen LogP contribution < -0.4 is 5.32 Å². The van der Waals surface area contributed by atoms with Crippen molar-refractivity contribution in [3.63, 3.8) is 0 Å². The number of hydrogen-bond donors (Lipinski definition) is 1. The van der Waals surface area contributed by atoms with Crippen molar-refractivity contribution >= 4 is 45.8 Å². The number of nitrogens with one attached hydrogen (secondary N) is 1. The van der Waals surface area contributed by atoms with Crippen molar-refractivity contribution in [1.29, 1.82) is 0 Å². The second-order valence-corrected chi connectivity index (χ2v) is 6.81. The largest absolute Gasteiger partial charge is 0.402 e. The molecule has 0 radical (unpaired) electrons. The third-order valence-corrected chi connectivity index (χ3v) is 4.35. The number of rotatable bonds is 3. The van der Waals surface area contributed by atoms with E-state index in [1.165, 1.54) is 0 Å². The van der Waals surface area contributed by atoms with E-state index in [1.807, 2.05) is 18.2 Å². The monoisotopic (exact) mass is 397 g/mol. The highest BCUT2D eigenvalue weighted by Gasteiger charge is 2.13. The van der Waals surface area contributed by atoms with Gasteiger partial charge in [-0.1, -0.05) is 23.3 Å². The van der Waals surface area contributed by atoms with Gasteiger partial charge in [-0.2, -0.15) is 0 Å². The van der Waals surface area contributed by atoms with Gasteiger partial charge in [-0.15, -0.1) is 16.4 Å². The molecular formula is C13H8IN3O2S. The summed E-state index contributed by atoms with van der Waals surface area (Å²) < 4.78 is 6.56. The summed E-state index contributed by atoms with van der Waals surface area (Å²) in [6.07, 6.45) is 0. The Hall–Kier alpha value is -1.74. The molecule has 0 spiro atoms. The summed E-state index contributed by atoms with van der Waals surface area (Å²) in [6.45, 7) is 0. The third kappa shape index (κ3) is 2.88. The average molecular weight is 397 g/mol. The van der Waals surface area contributed by atoms with E-state index in [0.717, 1.165) is 7.76 Å². The zero-order valence-electron chi connectivity index (χ0n) is 10.0. The molecule has 0 unspecified atom stereocenters. The van der Waals surface area contributed by atoms with E-state index in [1.54, 1.807) is 35.6 Å². The van der Waals surface area contributed by atoms with Gasteiger partial charge in [0.1, 0.15) is 0 Å². The first-order chi connectivity index (χ1) is 9.72. The van der Waals surface area contributed by atoms with Crippen molar-refractivity contribution in [2.45, 2.75) is 0 Å². The normalized spacial score (nSPS) is 10.4. The summed E-state index contributed by atoms with van der Waals surface area (Å²) >= 11 is 3.77. The van der Waals surface area contributed by atoms with Crippen LogP contribution in [0.5, 0.6) is 0 Å². The Kier molecular flexibility index (Phi) is 3.79. The lowest BCUT2D eigenvalue weighted by atomic mass is 10.2. The molecule has 1 N–H and O–H groups in total. The molecule has 3 rings (SSSR count). The van der Waals surface area contributed by atoms with Crippen LogP contribution in [-0.2, 0) is 0 Å². The minimum Gasteiger partial charge on any atom is -0.402 e. The molecule has 0 aliphatic rings. The highest BCUT2D eigenvalue weighted by Crippen LogP contribution is 2.28. The maximum absolute atomic E-state index is 11.9. The Balaban J connectivity index is 1.76. The van der Waals surface area contributed by atoms with Crippen molar-refractivity contribution < 1.29 is 9.21 Å². The third-order valence-electron chi connectivity index (χ3n) is 2.47. The lowest BCUT2D eigenvalue weighted by Crippen LogP contribution is -2.11. The summed E-state index contributed by atoms with van der Waals surface area (Å²) in [5, 5.41) is 10.3. The number of halogens is 1. The van der Waals surface area contributed by atoms with E-state index in [4.69, 9.17) is 4.42 Å². The minimum absolute atomic E-state index is 0.0947. The van der Waals surface area contributed by atoms with Crippen molar-refractivity contribution in [1.82, 2.24) is 10.2 Å². The number of carbonyl (C=O) groups excluding carboxylic acids is 1. The first-order valence-electron chi connectivity index (χ1n) is 5.68. The van der Waals surface area contributed by atoms with Gasteiger partial charge in [-0.25, -0.2) is 0 Å². The number of thiophene rings is 1. The zero-order valence-corrected chi connectivity index (χ0v) is 13.0. The van der Waals surface area contributed by atoms with Gasteiger partial charge in [-0.05, 0) is 46.9 Å². The van der Waals surface area contributed by atoms with Gasteiger partial charge in [0.15, 0.2) is 0 Å². The molecule has 0 saturated carbocycles. The van der Waals surface area contributed by atoms with Gasteiger partial charge in [0.2, 0.25) is 0 Å². The molecule has 100 valence electrons. The van der Waals surface area contributed by atoms with E-state index < -0.39 is 0 Å². The van der Waals surface area contributed by atoms with Crippen LogP contribution in [-0.4, -0.2) is 16.1 Å². The second kappa shape index (κ2) is 5.71. The molecule has 20 heavy (non-hydrogen) atoms. The van der Waals surface area contributed by atoms with Gasteiger partial charge < -0.3 is 4.42 Å². The summed E-state index contributed by atoms with van der Waals surface area (Å²) in [4.78, 5) is 12.8. The summed E-state index contributed by atoms with van der Waals surface area (Å²) in [7, 11) is 0. The van der Waals surface area contributed by atoms with Crippen LogP contribution in [0.1, 0.15) is 10.4 Å². The number of nitrogens with zero attached hydrogens (tertiary/aromatic N) is 2. The van der Waals surface area contributed by atoms with E-state index >= 15 is 0 Å². The number of amides is 1. The number of anilines is 1. The topological polar surface area (TPSA) is 68.0 Å². The van der Waals surface area contributed by atoms with Gasteiger partial charge in [0, 0.05) is 5.56 Å². The summed E-state index contributed by atoms with van der Waals surface area (Å²) in [6, 6.07) is 12.8. The summed E-state index contributed by atoms with van der Waals surface area (Å²) in [5.41, 5.74) is 0.540. The molecule has 0 bridgehead atoms. The fourth-order valence-corrected chi connectivity index (χ4v) is 3.10. The quantitative estimate of drug-likeness (QED) is 0.686. The Morgan fingerprint density at radius 3 is 2.65 bits per heavy atom. The van der Waals surface area contributed by atoms with Crippen LogP contribution in [0, 0.1) is 2.88 Å². The van der Waals surface area contributed by atoms with E-state index in [9.17, 15) is 4.79 Å². The predicted molar refractivity (Wildman–Crippen MR) is 84.7 cm³/mol. The van der Waals surface area contributed by atoms with Gasteiger partial charge >= 0.3 is 6.01 Å². The van der Waals surface area contributed by atoms with Crippen molar-refractivity contribution in [3.05, 3.63) is 50.9 Å². The Bertz CT molecular complexity index is 739. The zero-order chi connectivity index (χ0) is 13.9. The molecule has 0 atom stereocenters. The number of aromatic nitrogens is 2. The summed E-state index contributed by atoms with van der Waals surface area (Å²) in [5.74, 6) is 0.128. The first-order valence-corrected chi connectivity index (χ1v) is 7.57. The standard InChI is InChI=1S/C13H8IN3O2S/c14-10-7-6-9(20-10)12-16-17-13(19-12)15-11(18)8-4-2-1-3-5-8/h1-7H,(H,15,17,18). The van der Waals surface area contributed by atoms with Crippen LogP contribution in [0.3, 0.4) is 0 Å². The molecule has 1 amide bonds. The average Bonchev–Trinajstić information content (AvgIpc) is 3.09. The number of hydrogen-bond acceptors (Lipinski definition) is 5. The highest BCUT2D eigenvalue weighted by atomic mass is 127. The lowest BCUT2D eigenvalue weighted by molar-refractivity contribution is 0.102. The van der Waals surface area contributed by atoms with Crippen LogP contribution in [0.4, 0.5) is 6.01 Å². The number of carbonyl (C=O) groups is 1.